The van der Waals surface area contributed by atoms with Gasteiger partial charge in [0.25, 0.3) is 5.91 Å². The molecule has 27 heavy (non-hydrogen) atoms. The van der Waals surface area contributed by atoms with E-state index in [1.54, 1.807) is 0 Å². The maximum atomic E-state index is 13.5. The molecule has 2 aliphatic carbocycles. The molecule has 1 aliphatic heterocycles. The van der Waals surface area contributed by atoms with Crippen LogP contribution in [0.1, 0.15) is 53.4 Å². The van der Waals surface area contributed by atoms with Gasteiger partial charge in [-0.3, -0.25) is 9.79 Å². The van der Waals surface area contributed by atoms with Crippen LogP contribution >= 0.6 is 23.5 Å². The molecule has 0 aromatic heterocycles. The Morgan fingerprint density at radius 2 is 1.89 bits per heavy atom. The average Bonchev–Trinajstić information content (AvgIpc) is 3.05. The zero-order chi connectivity index (χ0) is 20.2. The zero-order valence-electron chi connectivity index (χ0n) is 17.2. The molecule has 3 unspecified atom stereocenters. The van der Waals surface area contributed by atoms with Gasteiger partial charge < -0.3 is 0 Å². The summed E-state index contributed by atoms with van der Waals surface area (Å²) in [5.41, 5.74) is -0.305. The summed E-state index contributed by atoms with van der Waals surface area (Å²) >= 11 is 3.02. The number of carbonyl (C=O) groups is 1. The van der Waals surface area contributed by atoms with Gasteiger partial charge in [-0.2, -0.15) is 0 Å². The van der Waals surface area contributed by atoms with Crippen LogP contribution in [0.2, 0.25) is 0 Å². The first-order valence-corrected chi connectivity index (χ1v) is 13.8. The van der Waals surface area contributed by atoms with E-state index in [2.05, 4.69) is 18.8 Å². The molecule has 1 heterocycles. The van der Waals surface area contributed by atoms with E-state index in [9.17, 15) is 13.2 Å². The molecule has 0 N–H and O–H groups in total. The Morgan fingerprint density at radius 1 is 1.26 bits per heavy atom. The summed E-state index contributed by atoms with van der Waals surface area (Å²) in [7, 11) is -3.59. The molecule has 4 atom stereocenters. The van der Waals surface area contributed by atoms with Gasteiger partial charge in [0.15, 0.2) is 0 Å². The van der Waals surface area contributed by atoms with E-state index in [4.69, 9.17) is 0 Å². The van der Waals surface area contributed by atoms with Crippen molar-refractivity contribution in [3.63, 3.8) is 0 Å². The molecule has 1 spiro atoms. The average molecular weight is 433 g/mol. The molecule has 154 valence electrons. The van der Waals surface area contributed by atoms with Crippen LogP contribution in [0.5, 0.6) is 0 Å². The molecule has 0 aromatic carbocycles. The Bertz CT molecular complexity index is 741. The van der Waals surface area contributed by atoms with Crippen molar-refractivity contribution in [1.82, 2.24) is 4.31 Å². The molecule has 1 amide bonds. The van der Waals surface area contributed by atoms with Gasteiger partial charge in [0.2, 0.25) is 10.0 Å². The van der Waals surface area contributed by atoms with E-state index >= 15 is 0 Å². The number of amides is 1. The molecule has 2 bridgehead atoms. The second-order valence-corrected chi connectivity index (χ2v) is 12.9. The molecule has 3 aliphatic rings. The summed E-state index contributed by atoms with van der Waals surface area (Å²) in [6.45, 7) is 8.51. The van der Waals surface area contributed by atoms with Crippen molar-refractivity contribution in [2.24, 2.45) is 27.7 Å². The van der Waals surface area contributed by atoms with Crippen molar-refractivity contribution in [2.75, 3.05) is 18.3 Å². The van der Waals surface area contributed by atoms with Gasteiger partial charge in [-0.1, -0.05) is 27.7 Å². The third-order valence-corrected chi connectivity index (χ3v) is 11.0. The lowest BCUT2D eigenvalue weighted by molar-refractivity contribution is -0.130. The van der Waals surface area contributed by atoms with Crippen LogP contribution in [0.25, 0.3) is 0 Å². The summed E-state index contributed by atoms with van der Waals surface area (Å²) in [4.78, 5) is 18.2. The van der Waals surface area contributed by atoms with E-state index in [1.807, 2.05) is 26.4 Å². The fourth-order valence-electron chi connectivity index (χ4n) is 5.70. The highest BCUT2D eigenvalue weighted by atomic mass is 32.2. The largest absolute Gasteiger partial charge is 0.271 e. The van der Waals surface area contributed by atoms with Gasteiger partial charge in [0.05, 0.1) is 11.8 Å². The molecular weight excluding hydrogens is 400 g/mol. The number of fused-ring (bicyclic) bond motifs is 1. The van der Waals surface area contributed by atoms with Crippen molar-refractivity contribution in [1.29, 1.82) is 0 Å². The van der Waals surface area contributed by atoms with Gasteiger partial charge >= 0.3 is 0 Å². The Hall–Kier alpha value is -0.210. The third-order valence-electron chi connectivity index (χ3n) is 7.22. The monoisotopic (exact) mass is 432 g/mol. The molecule has 1 saturated heterocycles. The van der Waals surface area contributed by atoms with E-state index in [-0.39, 0.29) is 34.4 Å². The van der Waals surface area contributed by atoms with E-state index in [0.29, 0.717) is 12.3 Å². The Morgan fingerprint density at radius 3 is 2.41 bits per heavy atom. The Labute approximate surface area is 172 Å². The smallest absolute Gasteiger partial charge is 0.261 e. The van der Waals surface area contributed by atoms with Crippen LogP contribution in [0, 0.1) is 22.7 Å². The van der Waals surface area contributed by atoms with Crippen molar-refractivity contribution < 1.29 is 13.2 Å². The summed E-state index contributed by atoms with van der Waals surface area (Å²) in [5.74, 6) is 0.585. The maximum Gasteiger partial charge on any atom is 0.261 e. The molecular formula is C19H32N2O3S3. The molecule has 5 nitrogen and oxygen atoms in total. The minimum Gasteiger partial charge on any atom is -0.271 e. The van der Waals surface area contributed by atoms with E-state index in [0.717, 1.165) is 23.6 Å². The highest BCUT2D eigenvalue weighted by Gasteiger charge is 2.72. The Balaban J connectivity index is 1.98. The SMILES string of the molecule is CSC(=N[C@@H](CC(C)C)C(=O)N1C2CC3CCC2(CS1(=O)=O)C3(C)C)SC. The fraction of sp³-hybridized carbons (Fsp3) is 0.895. The van der Waals surface area contributed by atoms with E-state index in [1.165, 1.54) is 27.8 Å². The lowest BCUT2D eigenvalue weighted by Gasteiger charge is -2.37. The van der Waals surface area contributed by atoms with Crippen LogP contribution in [0.3, 0.4) is 0 Å². The normalized spacial score (nSPS) is 34.0. The lowest BCUT2D eigenvalue weighted by atomic mass is 9.69. The van der Waals surface area contributed by atoms with Gasteiger partial charge in [-0.05, 0) is 55.4 Å². The zero-order valence-corrected chi connectivity index (χ0v) is 19.6. The number of carbonyl (C=O) groups excluding carboxylic acids is 1. The molecule has 3 fully saturated rings. The van der Waals surface area contributed by atoms with Crippen LogP contribution < -0.4 is 0 Å². The second kappa shape index (κ2) is 7.24. The van der Waals surface area contributed by atoms with Crippen molar-refractivity contribution in [3.8, 4) is 0 Å². The number of sulfonamides is 1. The lowest BCUT2D eigenvalue weighted by Crippen LogP contribution is -2.47. The van der Waals surface area contributed by atoms with Gasteiger partial charge in [-0.15, -0.1) is 23.5 Å². The highest BCUT2D eigenvalue weighted by Crippen LogP contribution is 2.70. The minimum absolute atomic E-state index is 0.0275. The third kappa shape index (κ3) is 3.27. The number of thioether (sulfide) groups is 2. The fourth-order valence-corrected chi connectivity index (χ4v) is 9.40. The predicted molar refractivity (Wildman–Crippen MR) is 116 cm³/mol. The van der Waals surface area contributed by atoms with Gasteiger partial charge in [0, 0.05) is 5.41 Å². The first kappa shape index (κ1) is 21.5. The number of hydrogen-bond donors (Lipinski definition) is 0. The molecule has 2 saturated carbocycles. The first-order chi connectivity index (χ1) is 12.5. The van der Waals surface area contributed by atoms with E-state index < -0.39 is 16.1 Å². The highest BCUT2D eigenvalue weighted by molar-refractivity contribution is 8.38. The van der Waals surface area contributed by atoms with Crippen molar-refractivity contribution in [3.05, 3.63) is 0 Å². The van der Waals surface area contributed by atoms with Crippen LogP contribution in [-0.4, -0.2) is 53.4 Å². The topological polar surface area (TPSA) is 66.8 Å². The summed E-state index contributed by atoms with van der Waals surface area (Å²) in [5, 5.41) is 0. The number of nitrogens with zero attached hydrogens (tertiary/aromatic N) is 2. The van der Waals surface area contributed by atoms with Crippen LogP contribution in [0.4, 0.5) is 0 Å². The quantitative estimate of drug-likeness (QED) is 0.499. The molecule has 0 aromatic rings. The number of rotatable bonds is 4. The first-order valence-electron chi connectivity index (χ1n) is 9.72. The molecule has 3 rings (SSSR count). The molecule has 8 heteroatoms. The standard InChI is InChI=1S/C19H32N2O3S3/c1-12(2)9-14(20-17(25-5)26-6)16(22)21-15-10-13-7-8-19(15,18(13,3)4)11-27(21,23)24/h12-15H,7-11H2,1-6H3/t13?,14-,15?,19?/m0/s1. The van der Waals surface area contributed by atoms with Crippen LogP contribution in [0.15, 0.2) is 4.99 Å². The maximum absolute atomic E-state index is 13.5. The number of aliphatic imine (C=N–C) groups is 1. The predicted octanol–water partition coefficient (Wildman–Crippen LogP) is 3.85. The summed E-state index contributed by atoms with van der Waals surface area (Å²) in [6, 6.07) is -0.798. The molecule has 0 radical (unpaired) electrons. The second-order valence-electron chi connectivity index (χ2n) is 9.20. The van der Waals surface area contributed by atoms with Gasteiger partial charge in [-0.25, -0.2) is 12.7 Å². The van der Waals surface area contributed by atoms with Crippen molar-refractivity contribution in [2.45, 2.75) is 65.5 Å². The number of hydrogen-bond acceptors (Lipinski definition) is 6. The van der Waals surface area contributed by atoms with Crippen LogP contribution in [-0.2, 0) is 14.8 Å². The Kier molecular flexibility index (Phi) is 5.76. The summed E-state index contributed by atoms with van der Waals surface area (Å²) in [6.07, 6.45) is 7.25. The van der Waals surface area contributed by atoms with Crippen molar-refractivity contribution >= 4 is 43.8 Å². The van der Waals surface area contributed by atoms with Gasteiger partial charge in [0.1, 0.15) is 10.4 Å². The minimum atomic E-state index is -3.59. The summed E-state index contributed by atoms with van der Waals surface area (Å²) < 4.78 is 28.4.